The third kappa shape index (κ3) is 2.34. The van der Waals surface area contributed by atoms with E-state index < -0.39 is 0 Å². The molecule has 1 saturated heterocycles. The van der Waals surface area contributed by atoms with Crippen molar-refractivity contribution in [2.45, 2.75) is 6.92 Å². The Morgan fingerprint density at radius 2 is 2.13 bits per heavy atom. The fourth-order valence-corrected chi connectivity index (χ4v) is 1.53. The summed E-state index contributed by atoms with van der Waals surface area (Å²) in [7, 11) is 0. The van der Waals surface area contributed by atoms with Crippen LogP contribution >= 0.6 is 0 Å². The average Bonchev–Trinajstić information content (AvgIpc) is 2.29. The number of ether oxygens (including phenoxy) is 1. The Labute approximate surface area is 88.4 Å². The zero-order chi connectivity index (χ0) is 10.7. The van der Waals surface area contributed by atoms with Crippen molar-refractivity contribution in [2.75, 3.05) is 36.6 Å². The minimum Gasteiger partial charge on any atom is -0.378 e. The van der Waals surface area contributed by atoms with E-state index in [1.807, 2.05) is 13.0 Å². The lowest BCUT2D eigenvalue weighted by molar-refractivity contribution is 0.122. The number of nitrogens with zero attached hydrogens (tertiary/aromatic N) is 3. The summed E-state index contributed by atoms with van der Waals surface area (Å²) in [6.07, 6.45) is 0. The zero-order valence-corrected chi connectivity index (χ0v) is 8.73. The lowest BCUT2D eigenvalue weighted by Gasteiger charge is -2.27. The standard InChI is InChI=1S/C9H15N5O/c1-7-6-8(13-10)12-9(11-7)14-2-4-15-5-3-14/h6H,2-5,10H2,1H3,(H,11,12,13). The number of rotatable bonds is 2. The van der Waals surface area contributed by atoms with Crippen LogP contribution < -0.4 is 16.2 Å². The van der Waals surface area contributed by atoms with E-state index in [4.69, 9.17) is 10.6 Å². The number of hydrogen-bond acceptors (Lipinski definition) is 6. The fourth-order valence-electron chi connectivity index (χ4n) is 1.53. The van der Waals surface area contributed by atoms with Crippen molar-refractivity contribution in [3.05, 3.63) is 11.8 Å². The van der Waals surface area contributed by atoms with Crippen LogP contribution in [0, 0.1) is 6.92 Å². The van der Waals surface area contributed by atoms with Gasteiger partial charge in [0.2, 0.25) is 5.95 Å². The van der Waals surface area contributed by atoms with E-state index >= 15 is 0 Å². The second-order valence-corrected chi connectivity index (χ2v) is 3.44. The first-order valence-corrected chi connectivity index (χ1v) is 4.94. The van der Waals surface area contributed by atoms with Crippen molar-refractivity contribution in [1.82, 2.24) is 9.97 Å². The van der Waals surface area contributed by atoms with Gasteiger partial charge in [0.1, 0.15) is 5.82 Å². The van der Waals surface area contributed by atoms with Gasteiger partial charge in [-0.25, -0.2) is 10.8 Å². The molecular formula is C9H15N5O. The van der Waals surface area contributed by atoms with Gasteiger partial charge in [0.15, 0.2) is 0 Å². The molecule has 0 amide bonds. The lowest BCUT2D eigenvalue weighted by atomic mass is 10.4. The molecule has 1 aliphatic heterocycles. The van der Waals surface area contributed by atoms with E-state index in [0.29, 0.717) is 11.8 Å². The molecule has 2 rings (SSSR count). The van der Waals surface area contributed by atoms with Gasteiger partial charge < -0.3 is 15.1 Å². The van der Waals surface area contributed by atoms with Crippen molar-refractivity contribution in [3.63, 3.8) is 0 Å². The topological polar surface area (TPSA) is 76.3 Å². The summed E-state index contributed by atoms with van der Waals surface area (Å²) in [5, 5.41) is 0. The molecule has 0 bridgehead atoms. The number of nitrogens with one attached hydrogen (secondary N) is 1. The molecule has 1 fully saturated rings. The number of aromatic nitrogens is 2. The summed E-state index contributed by atoms with van der Waals surface area (Å²) in [6.45, 7) is 5.03. The molecule has 1 aromatic heterocycles. The van der Waals surface area contributed by atoms with Crippen LogP contribution in [0.5, 0.6) is 0 Å². The van der Waals surface area contributed by atoms with Crippen LogP contribution in [0.25, 0.3) is 0 Å². The lowest BCUT2D eigenvalue weighted by Crippen LogP contribution is -2.37. The summed E-state index contributed by atoms with van der Waals surface area (Å²) < 4.78 is 5.27. The van der Waals surface area contributed by atoms with Crippen molar-refractivity contribution in [2.24, 2.45) is 5.84 Å². The molecule has 0 aliphatic carbocycles. The van der Waals surface area contributed by atoms with Gasteiger partial charge in [-0.3, -0.25) is 0 Å². The second kappa shape index (κ2) is 4.41. The minimum atomic E-state index is 0.643. The first-order valence-electron chi connectivity index (χ1n) is 4.94. The molecule has 1 aliphatic rings. The van der Waals surface area contributed by atoms with E-state index in [1.54, 1.807) is 0 Å². The van der Waals surface area contributed by atoms with Crippen LogP contribution in [0.2, 0.25) is 0 Å². The molecule has 6 nitrogen and oxygen atoms in total. The molecule has 0 spiro atoms. The maximum Gasteiger partial charge on any atom is 0.227 e. The normalized spacial score (nSPS) is 16.5. The van der Waals surface area contributed by atoms with Crippen molar-refractivity contribution in [3.8, 4) is 0 Å². The Morgan fingerprint density at radius 3 is 2.80 bits per heavy atom. The van der Waals surface area contributed by atoms with Gasteiger partial charge >= 0.3 is 0 Å². The monoisotopic (exact) mass is 209 g/mol. The zero-order valence-electron chi connectivity index (χ0n) is 8.73. The Morgan fingerprint density at radius 1 is 1.40 bits per heavy atom. The summed E-state index contributed by atoms with van der Waals surface area (Å²) in [6, 6.07) is 1.81. The highest BCUT2D eigenvalue weighted by molar-refractivity contribution is 5.42. The first kappa shape index (κ1) is 10.1. The van der Waals surface area contributed by atoms with Gasteiger partial charge in [0.05, 0.1) is 13.2 Å². The van der Waals surface area contributed by atoms with Gasteiger partial charge in [-0.2, -0.15) is 4.98 Å². The highest BCUT2D eigenvalue weighted by atomic mass is 16.5. The summed E-state index contributed by atoms with van der Waals surface area (Å²) in [5.41, 5.74) is 3.44. The van der Waals surface area contributed by atoms with E-state index in [9.17, 15) is 0 Å². The molecular weight excluding hydrogens is 194 g/mol. The molecule has 0 saturated carbocycles. The van der Waals surface area contributed by atoms with Gasteiger partial charge in [-0.15, -0.1) is 0 Å². The predicted octanol–water partition coefficient (Wildman–Crippen LogP) is -0.0928. The molecule has 0 aromatic carbocycles. The van der Waals surface area contributed by atoms with Crippen LogP contribution in [0.4, 0.5) is 11.8 Å². The number of anilines is 2. The highest BCUT2D eigenvalue weighted by Gasteiger charge is 2.14. The third-order valence-corrected chi connectivity index (χ3v) is 2.28. The number of morpholine rings is 1. The van der Waals surface area contributed by atoms with Crippen LogP contribution in [-0.4, -0.2) is 36.3 Å². The van der Waals surface area contributed by atoms with Crippen molar-refractivity contribution < 1.29 is 4.74 Å². The molecule has 1 aromatic rings. The molecule has 0 atom stereocenters. The quantitative estimate of drug-likeness (QED) is 0.523. The summed E-state index contributed by atoms with van der Waals surface area (Å²) in [4.78, 5) is 10.8. The van der Waals surface area contributed by atoms with Crippen molar-refractivity contribution >= 4 is 11.8 Å². The SMILES string of the molecule is Cc1cc(NN)nc(N2CCOCC2)n1. The van der Waals surface area contributed by atoms with Crippen LogP contribution in [0.1, 0.15) is 5.69 Å². The Bertz CT molecular complexity index is 337. The third-order valence-electron chi connectivity index (χ3n) is 2.28. The summed E-state index contributed by atoms with van der Waals surface area (Å²) >= 11 is 0. The molecule has 2 heterocycles. The van der Waals surface area contributed by atoms with Crippen molar-refractivity contribution in [1.29, 1.82) is 0 Å². The van der Waals surface area contributed by atoms with Crippen LogP contribution in [0.3, 0.4) is 0 Å². The second-order valence-electron chi connectivity index (χ2n) is 3.44. The Balaban J connectivity index is 2.22. The first-order chi connectivity index (χ1) is 7.29. The maximum absolute atomic E-state index is 5.33. The number of hydrogen-bond donors (Lipinski definition) is 2. The molecule has 0 unspecified atom stereocenters. The number of nitrogens with two attached hydrogens (primary N) is 1. The van der Waals surface area contributed by atoms with E-state index in [1.165, 1.54) is 0 Å². The molecule has 3 N–H and O–H groups in total. The van der Waals surface area contributed by atoms with Gasteiger partial charge in [-0.1, -0.05) is 0 Å². The Kier molecular flexibility index (Phi) is 2.98. The molecule has 6 heteroatoms. The van der Waals surface area contributed by atoms with Gasteiger partial charge in [0.25, 0.3) is 0 Å². The molecule has 15 heavy (non-hydrogen) atoms. The smallest absolute Gasteiger partial charge is 0.227 e. The maximum atomic E-state index is 5.33. The fraction of sp³-hybridized carbons (Fsp3) is 0.556. The van der Waals surface area contributed by atoms with Crippen LogP contribution in [-0.2, 0) is 4.74 Å². The van der Waals surface area contributed by atoms with E-state index in [0.717, 1.165) is 32.0 Å². The molecule has 82 valence electrons. The Hall–Kier alpha value is -1.40. The minimum absolute atomic E-state index is 0.643. The summed E-state index contributed by atoms with van der Waals surface area (Å²) in [5.74, 6) is 6.69. The van der Waals surface area contributed by atoms with Gasteiger partial charge in [0, 0.05) is 24.8 Å². The largest absolute Gasteiger partial charge is 0.378 e. The number of aryl methyl sites for hydroxylation is 1. The van der Waals surface area contributed by atoms with Crippen LogP contribution in [0.15, 0.2) is 6.07 Å². The predicted molar refractivity (Wildman–Crippen MR) is 57.6 cm³/mol. The average molecular weight is 209 g/mol. The van der Waals surface area contributed by atoms with Gasteiger partial charge in [-0.05, 0) is 6.92 Å². The number of hydrazine groups is 1. The molecule has 0 radical (unpaired) electrons. The van der Waals surface area contributed by atoms with E-state index in [-0.39, 0.29) is 0 Å². The van der Waals surface area contributed by atoms with E-state index in [2.05, 4.69) is 20.3 Å². The number of nitrogen functional groups attached to an aromatic ring is 1. The highest BCUT2D eigenvalue weighted by Crippen LogP contribution is 2.13.